The summed E-state index contributed by atoms with van der Waals surface area (Å²) in [5.41, 5.74) is 0. The maximum Gasteiger partial charge on any atom is 0.338 e. The van der Waals surface area contributed by atoms with Gasteiger partial charge < -0.3 is 10.4 Å². The van der Waals surface area contributed by atoms with Crippen molar-refractivity contribution in [3.05, 3.63) is 0 Å². The zero-order valence-electron chi connectivity index (χ0n) is 8.27. The van der Waals surface area contributed by atoms with E-state index >= 15 is 0 Å². The molecule has 0 aromatic carbocycles. The molecule has 79 valence electrons. The number of piperazine rings is 1. The van der Waals surface area contributed by atoms with Crippen molar-refractivity contribution < 1.29 is 17.7 Å². The molecule has 1 fully saturated rings. The number of hydrogen-bond acceptors (Lipinski definition) is 5. The Labute approximate surface area is 106 Å². The second-order valence-corrected chi connectivity index (χ2v) is 4.26. The van der Waals surface area contributed by atoms with E-state index in [1.165, 1.54) is 4.31 Å². The third kappa shape index (κ3) is 4.54. The number of nitrogens with one attached hydrogen (secondary N) is 1. The first-order valence-corrected chi connectivity index (χ1v) is 5.49. The van der Waals surface area contributed by atoms with Gasteiger partial charge >= 0.3 is 10.3 Å². The van der Waals surface area contributed by atoms with Gasteiger partial charge in [-0.25, -0.2) is 0 Å². The summed E-state index contributed by atoms with van der Waals surface area (Å²) in [4.78, 5) is 0. The normalized spacial score (nSPS) is 18.9. The van der Waals surface area contributed by atoms with Gasteiger partial charge in [-0.15, -0.1) is 0 Å². The number of rotatable bonds is 4. The number of hydrogen-bond donors (Lipinski definition) is 2. The topological polar surface area (TPSA) is 78.9 Å². The van der Waals surface area contributed by atoms with Crippen LogP contribution < -0.4 is 5.32 Å². The summed E-state index contributed by atoms with van der Waals surface area (Å²) in [6.45, 7) is 1.67. The molecule has 0 aromatic heterocycles. The molecule has 1 radical (unpaired) electrons. The Bertz CT molecular complexity index is 240. The van der Waals surface area contributed by atoms with Crippen LogP contribution in [0.3, 0.4) is 0 Å². The summed E-state index contributed by atoms with van der Waals surface area (Å²) in [6.07, 6.45) is 0. The number of aliphatic hydroxyl groups excluding tert-OH is 1. The smallest absolute Gasteiger partial charge is 0.338 e. The van der Waals surface area contributed by atoms with Crippen LogP contribution >= 0.6 is 0 Å². The fourth-order valence-electron chi connectivity index (χ4n) is 1.09. The third-order valence-electron chi connectivity index (χ3n) is 1.72. The average molecular weight is 233 g/mol. The van der Waals surface area contributed by atoms with Crippen molar-refractivity contribution in [2.75, 3.05) is 39.4 Å². The van der Waals surface area contributed by atoms with Crippen molar-refractivity contribution in [2.45, 2.75) is 0 Å². The first-order valence-electron chi connectivity index (χ1n) is 4.13. The molecule has 1 aliphatic heterocycles. The van der Waals surface area contributed by atoms with Gasteiger partial charge in [-0.05, 0) is 0 Å². The Morgan fingerprint density at radius 2 is 1.93 bits per heavy atom. The van der Waals surface area contributed by atoms with Gasteiger partial charge in [-0.1, -0.05) is 0 Å². The van der Waals surface area contributed by atoms with Crippen LogP contribution in [-0.2, 0) is 14.5 Å². The first-order chi connectivity index (χ1) is 6.17. The Hall–Kier alpha value is 0.790. The Kier molecular flexibility index (Phi) is 7.53. The molecule has 0 aliphatic carbocycles. The SMILES string of the molecule is O=S(=O)(OCCO)N1CCNCC1.[Na]. The molecule has 14 heavy (non-hydrogen) atoms. The molecular weight excluding hydrogens is 219 g/mol. The van der Waals surface area contributed by atoms with Gasteiger partial charge in [0.1, 0.15) is 0 Å². The van der Waals surface area contributed by atoms with E-state index in [2.05, 4.69) is 9.50 Å². The van der Waals surface area contributed by atoms with Crippen molar-refractivity contribution in [2.24, 2.45) is 0 Å². The van der Waals surface area contributed by atoms with Crippen LogP contribution in [0.5, 0.6) is 0 Å². The van der Waals surface area contributed by atoms with Crippen molar-refractivity contribution >= 4 is 39.9 Å². The van der Waals surface area contributed by atoms with Crippen LogP contribution in [0.15, 0.2) is 0 Å². The predicted octanol–water partition coefficient (Wildman–Crippen LogP) is -2.24. The fraction of sp³-hybridized carbons (Fsp3) is 1.00. The maximum absolute atomic E-state index is 11.3. The van der Waals surface area contributed by atoms with E-state index in [9.17, 15) is 8.42 Å². The quantitative estimate of drug-likeness (QED) is 0.537. The number of nitrogens with zero attached hydrogens (tertiary/aromatic N) is 1. The molecule has 1 rings (SSSR count). The van der Waals surface area contributed by atoms with Crippen LogP contribution in [0.2, 0.25) is 0 Å². The molecule has 1 heterocycles. The minimum absolute atomic E-state index is 0. The van der Waals surface area contributed by atoms with Gasteiger partial charge in [0, 0.05) is 55.7 Å². The molecule has 0 atom stereocenters. The van der Waals surface area contributed by atoms with E-state index in [0.29, 0.717) is 26.2 Å². The number of aliphatic hydroxyl groups is 1. The van der Waals surface area contributed by atoms with Crippen LogP contribution in [0.25, 0.3) is 0 Å². The molecule has 0 bridgehead atoms. The minimum atomic E-state index is -3.61. The molecule has 2 N–H and O–H groups in total. The predicted molar refractivity (Wildman–Crippen MR) is 52.2 cm³/mol. The monoisotopic (exact) mass is 233 g/mol. The molecule has 8 heteroatoms. The van der Waals surface area contributed by atoms with E-state index < -0.39 is 10.3 Å². The van der Waals surface area contributed by atoms with Crippen molar-refractivity contribution in [1.82, 2.24) is 9.62 Å². The molecule has 0 saturated carbocycles. The maximum atomic E-state index is 11.3. The summed E-state index contributed by atoms with van der Waals surface area (Å²) in [5.74, 6) is 0. The van der Waals surface area contributed by atoms with Crippen molar-refractivity contribution in [3.8, 4) is 0 Å². The van der Waals surface area contributed by atoms with Gasteiger partial charge in [-0.3, -0.25) is 4.18 Å². The van der Waals surface area contributed by atoms with E-state index in [1.54, 1.807) is 0 Å². The Morgan fingerprint density at radius 3 is 2.43 bits per heavy atom. The Balaban J connectivity index is 0.00000169. The van der Waals surface area contributed by atoms with Gasteiger partial charge in [0.15, 0.2) is 0 Å². The fourth-order valence-corrected chi connectivity index (χ4v) is 2.15. The molecular formula is C6H14N2NaO4S. The summed E-state index contributed by atoms with van der Waals surface area (Å²) in [5, 5.41) is 11.4. The van der Waals surface area contributed by atoms with Gasteiger partial charge in [0.05, 0.1) is 13.2 Å². The van der Waals surface area contributed by atoms with Crippen LogP contribution in [0.1, 0.15) is 0 Å². The van der Waals surface area contributed by atoms with Crippen LogP contribution in [-0.4, -0.2) is 86.8 Å². The zero-order chi connectivity index (χ0) is 9.73. The molecule has 0 amide bonds. The van der Waals surface area contributed by atoms with E-state index in [1.807, 2.05) is 0 Å². The van der Waals surface area contributed by atoms with Gasteiger partial charge in [0.2, 0.25) is 0 Å². The summed E-state index contributed by atoms with van der Waals surface area (Å²) < 4.78 is 28.4. The molecule has 1 saturated heterocycles. The first kappa shape index (κ1) is 14.8. The Morgan fingerprint density at radius 1 is 1.36 bits per heavy atom. The molecule has 0 spiro atoms. The molecule has 0 aromatic rings. The second-order valence-electron chi connectivity index (χ2n) is 2.65. The van der Waals surface area contributed by atoms with E-state index in [4.69, 9.17) is 5.11 Å². The molecule has 6 nitrogen and oxygen atoms in total. The van der Waals surface area contributed by atoms with Crippen LogP contribution in [0.4, 0.5) is 0 Å². The average Bonchev–Trinajstić information content (AvgIpc) is 2.16. The molecule has 1 aliphatic rings. The standard InChI is InChI=1S/C6H14N2O4S.Na/c9-5-6-12-13(10,11)8-3-1-7-2-4-8;/h7,9H,1-6H2;. The summed E-state index contributed by atoms with van der Waals surface area (Å²) >= 11 is 0. The van der Waals surface area contributed by atoms with E-state index in [0.717, 1.165) is 0 Å². The summed E-state index contributed by atoms with van der Waals surface area (Å²) in [6, 6.07) is 0. The van der Waals surface area contributed by atoms with E-state index in [-0.39, 0.29) is 42.8 Å². The second kappa shape index (κ2) is 7.13. The van der Waals surface area contributed by atoms with Crippen LogP contribution in [0, 0.1) is 0 Å². The largest absolute Gasteiger partial charge is 0.394 e. The molecule has 0 unspecified atom stereocenters. The summed E-state index contributed by atoms with van der Waals surface area (Å²) in [7, 11) is -3.61. The van der Waals surface area contributed by atoms with Gasteiger partial charge in [-0.2, -0.15) is 12.7 Å². The van der Waals surface area contributed by atoms with Gasteiger partial charge in [0.25, 0.3) is 0 Å². The third-order valence-corrected chi connectivity index (χ3v) is 3.18. The zero-order valence-corrected chi connectivity index (χ0v) is 11.1. The van der Waals surface area contributed by atoms with Crippen molar-refractivity contribution in [1.29, 1.82) is 0 Å². The minimum Gasteiger partial charge on any atom is -0.394 e. The van der Waals surface area contributed by atoms with Crippen molar-refractivity contribution in [3.63, 3.8) is 0 Å².